The molecular weight excluding hydrogens is 334 g/mol. The van der Waals surface area contributed by atoms with Crippen molar-refractivity contribution in [1.82, 2.24) is 5.32 Å². The molecule has 2 rings (SSSR count). The number of hydrogen-bond acceptors (Lipinski definition) is 4. The topological polar surface area (TPSA) is 39.7 Å². The van der Waals surface area contributed by atoms with E-state index in [0.29, 0.717) is 6.10 Å². The Balaban J connectivity index is 1.97. The van der Waals surface area contributed by atoms with Gasteiger partial charge in [0.15, 0.2) is 11.5 Å². The molecule has 1 fully saturated rings. The average Bonchev–Trinajstić information content (AvgIpc) is 2.94. The molecule has 21 heavy (non-hydrogen) atoms. The first kappa shape index (κ1) is 16.6. The maximum atomic E-state index is 5.80. The molecule has 1 aromatic carbocycles. The summed E-state index contributed by atoms with van der Waals surface area (Å²) in [5.41, 5.74) is 1.16. The summed E-state index contributed by atoms with van der Waals surface area (Å²) in [7, 11) is 1.67. The number of hydrogen-bond donors (Lipinski definition) is 1. The first-order chi connectivity index (χ1) is 10.1. The lowest BCUT2D eigenvalue weighted by atomic mass is 10.2. The number of methoxy groups -OCH3 is 1. The number of ether oxygens (including phenoxy) is 3. The summed E-state index contributed by atoms with van der Waals surface area (Å²) in [5.74, 6) is 1.52. The largest absolute Gasteiger partial charge is 0.493 e. The van der Waals surface area contributed by atoms with Crippen molar-refractivity contribution in [3.8, 4) is 11.5 Å². The minimum atomic E-state index is 0.110. The summed E-state index contributed by atoms with van der Waals surface area (Å²) < 4.78 is 17.8. The van der Waals surface area contributed by atoms with Crippen LogP contribution < -0.4 is 14.8 Å². The van der Waals surface area contributed by atoms with Crippen LogP contribution in [0.15, 0.2) is 16.6 Å². The van der Waals surface area contributed by atoms with E-state index in [4.69, 9.17) is 14.2 Å². The molecule has 0 bridgehead atoms. The van der Waals surface area contributed by atoms with Crippen molar-refractivity contribution in [2.45, 2.75) is 45.4 Å². The lowest BCUT2D eigenvalue weighted by molar-refractivity contribution is 0.110. The highest BCUT2D eigenvalue weighted by molar-refractivity contribution is 9.10. The Bertz CT molecular complexity index is 459. The maximum absolute atomic E-state index is 5.80. The number of benzene rings is 1. The molecule has 1 aliphatic rings. The van der Waals surface area contributed by atoms with Crippen LogP contribution in [-0.2, 0) is 11.3 Å². The molecule has 0 saturated carbocycles. The van der Waals surface area contributed by atoms with Crippen molar-refractivity contribution in [2.24, 2.45) is 0 Å². The molecule has 0 spiro atoms. The Morgan fingerprint density at radius 2 is 2.24 bits per heavy atom. The molecule has 0 aliphatic carbocycles. The van der Waals surface area contributed by atoms with E-state index < -0.39 is 0 Å². The van der Waals surface area contributed by atoms with Gasteiger partial charge in [-0.3, -0.25) is 0 Å². The van der Waals surface area contributed by atoms with Crippen LogP contribution in [0.4, 0.5) is 0 Å². The summed E-state index contributed by atoms with van der Waals surface area (Å²) in [6.07, 6.45) is 2.80. The smallest absolute Gasteiger partial charge is 0.175 e. The Morgan fingerprint density at radius 3 is 2.86 bits per heavy atom. The van der Waals surface area contributed by atoms with Crippen LogP contribution >= 0.6 is 15.9 Å². The van der Waals surface area contributed by atoms with Gasteiger partial charge in [0.25, 0.3) is 0 Å². The van der Waals surface area contributed by atoms with Crippen LogP contribution in [-0.4, -0.2) is 32.5 Å². The molecule has 1 unspecified atom stereocenters. The number of nitrogens with one attached hydrogen (secondary N) is 1. The SMILES string of the molecule is COc1cc(CNCC2CCCO2)cc(Br)c1OC(C)C. The second-order valence-corrected chi connectivity index (χ2v) is 6.40. The van der Waals surface area contributed by atoms with Gasteiger partial charge in [-0.05, 0) is 60.3 Å². The van der Waals surface area contributed by atoms with Crippen molar-refractivity contribution in [3.63, 3.8) is 0 Å². The second-order valence-electron chi connectivity index (χ2n) is 5.54. The third-order valence-corrected chi connectivity index (χ3v) is 3.96. The van der Waals surface area contributed by atoms with Crippen LogP contribution in [0, 0.1) is 0 Å². The number of rotatable bonds is 7. The summed E-state index contributed by atoms with van der Waals surface area (Å²) >= 11 is 3.57. The predicted octanol–water partition coefficient (Wildman–Crippen LogP) is 3.51. The molecule has 4 nitrogen and oxygen atoms in total. The highest BCUT2D eigenvalue weighted by Gasteiger charge is 2.16. The maximum Gasteiger partial charge on any atom is 0.175 e. The molecule has 1 atom stereocenters. The van der Waals surface area contributed by atoms with Crippen molar-refractivity contribution in [2.75, 3.05) is 20.3 Å². The van der Waals surface area contributed by atoms with Gasteiger partial charge >= 0.3 is 0 Å². The van der Waals surface area contributed by atoms with E-state index in [1.54, 1.807) is 7.11 Å². The fraction of sp³-hybridized carbons (Fsp3) is 0.625. The van der Waals surface area contributed by atoms with E-state index in [1.807, 2.05) is 19.9 Å². The zero-order valence-corrected chi connectivity index (χ0v) is 14.5. The monoisotopic (exact) mass is 357 g/mol. The molecule has 5 heteroatoms. The molecule has 118 valence electrons. The zero-order chi connectivity index (χ0) is 15.2. The lowest BCUT2D eigenvalue weighted by Gasteiger charge is -2.17. The zero-order valence-electron chi connectivity index (χ0n) is 12.9. The van der Waals surface area contributed by atoms with Gasteiger partial charge in [0.1, 0.15) is 0 Å². The van der Waals surface area contributed by atoms with Crippen LogP contribution in [0.2, 0.25) is 0 Å². The Hall–Kier alpha value is -0.780. The molecule has 1 aromatic rings. The second kappa shape index (κ2) is 8.01. The van der Waals surface area contributed by atoms with Crippen LogP contribution in [0.25, 0.3) is 0 Å². The van der Waals surface area contributed by atoms with E-state index in [2.05, 4.69) is 27.3 Å². The van der Waals surface area contributed by atoms with Gasteiger partial charge in [-0.25, -0.2) is 0 Å². The van der Waals surface area contributed by atoms with Crippen molar-refractivity contribution < 1.29 is 14.2 Å². The average molecular weight is 358 g/mol. The highest BCUT2D eigenvalue weighted by atomic mass is 79.9. The van der Waals surface area contributed by atoms with Crippen molar-refractivity contribution in [1.29, 1.82) is 0 Å². The van der Waals surface area contributed by atoms with Crippen molar-refractivity contribution >= 4 is 15.9 Å². The molecule has 1 N–H and O–H groups in total. The van der Waals surface area contributed by atoms with Gasteiger partial charge in [-0.15, -0.1) is 0 Å². The minimum Gasteiger partial charge on any atom is -0.493 e. The molecular formula is C16H24BrNO3. The number of halogens is 1. The van der Waals surface area contributed by atoms with E-state index >= 15 is 0 Å². The van der Waals surface area contributed by atoms with Crippen molar-refractivity contribution in [3.05, 3.63) is 22.2 Å². The predicted molar refractivity (Wildman–Crippen MR) is 87.1 cm³/mol. The van der Waals surface area contributed by atoms with Gasteiger partial charge in [0, 0.05) is 19.7 Å². The molecule has 1 saturated heterocycles. The van der Waals surface area contributed by atoms with E-state index in [-0.39, 0.29) is 6.10 Å². The normalized spacial score (nSPS) is 18.2. The van der Waals surface area contributed by atoms with E-state index in [9.17, 15) is 0 Å². The molecule has 0 radical (unpaired) electrons. The Labute approximate surface area is 135 Å². The lowest BCUT2D eigenvalue weighted by Crippen LogP contribution is -2.25. The molecule has 0 amide bonds. The highest BCUT2D eigenvalue weighted by Crippen LogP contribution is 2.37. The minimum absolute atomic E-state index is 0.110. The quantitative estimate of drug-likeness (QED) is 0.810. The summed E-state index contributed by atoms with van der Waals surface area (Å²) in [6, 6.07) is 4.09. The van der Waals surface area contributed by atoms with Crippen LogP contribution in [0.5, 0.6) is 11.5 Å². The Morgan fingerprint density at radius 1 is 1.43 bits per heavy atom. The van der Waals surface area contributed by atoms with Gasteiger partial charge in [-0.1, -0.05) is 0 Å². The van der Waals surface area contributed by atoms with E-state index in [1.165, 1.54) is 6.42 Å². The van der Waals surface area contributed by atoms with E-state index in [0.717, 1.165) is 47.7 Å². The fourth-order valence-corrected chi connectivity index (χ4v) is 2.99. The standard InChI is InChI=1S/C16H24BrNO3/c1-11(2)21-16-14(17)7-12(8-15(16)19-3)9-18-10-13-5-4-6-20-13/h7-8,11,13,18H,4-6,9-10H2,1-3H3. The third-order valence-electron chi connectivity index (χ3n) is 3.37. The summed E-state index contributed by atoms with van der Waals surface area (Å²) in [5, 5.41) is 3.44. The summed E-state index contributed by atoms with van der Waals surface area (Å²) in [4.78, 5) is 0. The third kappa shape index (κ3) is 4.87. The van der Waals surface area contributed by atoms with Gasteiger partial charge in [0.2, 0.25) is 0 Å². The van der Waals surface area contributed by atoms with Gasteiger partial charge < -0.3 is 19.5 Å². The first-order valence-electron chi connectivity index (χ1n) is 7.45. The fourth-order valence-electron chi connectivity index (χ4n) is 2.41. The first-order valence-corrected chi connectivity index (χ1v) is 8.25. The Kier molecular flexibility index (Phi) is 6.33. The molecule has 1 aliphatic heterocycles. The summed E-state index contributed by atoms with van der Waals surface area (Å²) in [6.45, 7) is 6.58. The van der Waals surface area contributed by atoms with Crippen LogP contribution in [0.1, 0.15) is 32.3 Å². The van der Waals surface area contributed by atoms with Gasteiger partial charge in [0.05, 0.1) is 23.8 Å². The van der Waals surface area contributed by atoms with Crippen LogP contribution in [0.3, 0.4) is 0 Å². The molecule has 0 aromatic heterocycles. The van der Waals surface area contributed by atoms with Gasteiger partial charge in [-0.2, -0.15) is 0 Å². The molecule has 1 heterocycles.